The van der Waals surface area contributed by atoms with Crippen LogP contribution < -0.4 is 14.2 Å². The Morgan fingerprint density at radius 2 is 2.24 bits per heavy atom. The summed E-state index contributed by atoms with van der Waals surface area (Å²) in [5, 5.41) is 14.7. The lowest BCUT2D eigenvalue weighted by Gasteiger charge is -2.26. The molecule has 1 fully saturated rings. The van der Waals surface area contributed by atoms with Gasteiger partial charge < -0.3 is 19.3 Å². The van der Waals surface area contributed by atoms with Gasteiger partial charge in [0.15, 0.2) is 11.5 Å². The van der Waals surface area contributed by atoms with Gasteiger partial charge in [-0.2, -0.15) is 5.10 Å². The quantitative estimate of drug-likeness (QED) is 0.860. The summed E-state index contributed by atoms with van der Waals surface area (Å²) in [6.45, 7) is 2.06. The number of aromatic nitrogens is 2. The number of nitrogens with zero attached hydrogens (tertiary/aromatic N) is 3. The molecule has 0 saturated carbocycles. The Morgan fingerprint density at radius 3 is 3.08 bits per heavy atom. The highest BCUT2D eigenvalue weighted by Crippen LogP contribution is 2.35. The van der Waals surface area contributed by atoms with E-state index < -0.39 is 6.10 Å². The molecule has 1 N–H and O–H groups in total. The Labute approximate surface area is 146 Å². The number of fused-ring (bicyclic) bond motifs is 1. The number of aryl methyl sites for hydroxylation is 1. The maximum Gasteiger partial charge on any atom is 0.231 e. The first-order valence-electron chi connectivity index (χ1n) is 8.62. The normalized spacial score (nSPS) is 20.8. The largest absolute Gasteiger partial charge is 0.491 e. The summed E-state index contributed by atoms with van der Waals surface area (Å²) in [6.07, 6.45) is 5.65. The molecule has 2 aromatic rings. The molecule has 25 heavy (non-hydrogen) atoms. The van der Waals surface area contributed by atoms with E-state index in [2.05, 4.69) is 16.2 Å². The molecule has 0 radical (unpaired) electrons. The topological polar surface area (TPSA) is 69.0 Å². The molecule has 0 bridgehead atoms. The van der Waals surface area contributed by atoms with Crippen molar-refractivity contribution in [3.05, 3.63) is 36.2 Å². The second-order valence-electron chi connectivity index (χ2n) is 6.58. The van der Waals surface area contributed by atoms with Crippen LogP contribution in [-0.2, 0) is 7.05 Å². The Kier molecular flexibility index (Phi) is 4.50. The number of ether oxygens (including phenoxy) is 3. The van der Waals surface area contributed by atoms with Gasteiger partial charge >= 0.3 is 0 Å². The van der Waals surface area contributed by atoms with Crippen LogP contribution >= 0.6 is 0 Å². The molecular weight excluding hydrogens is 322 g/mol. The van der Waals surface area contributed by atoms with Gasteiger partial charge in [-0.1, -0.05) is 0 Å². The van der Waals surface area contributed by atoms with Crippen molar-refractivity contribution in [2.75, 3.05) is 26.5 Å². The van der Waals surface area contributed by atoms with Gasteiger partial charge in [0.2, 0.25) is 6.79 Å². The van der Waals surface area contributed by atoms with E-state index in [1.807, 2.05) is 30.1 Å². The molecule has 2 atom stereocenters. The summed E-state index contributed by atoms with van der Waals surface area (Å²) in [5.41, 5.74) is 1.21. The SMILES string of the molecule is Cn1cc(C2CCCN2CC(O)COc2ccc3c(c2)OCO3)cn1. The molecule has 2 aliphatic heterocycles. The lowest BCUT2D eigenvalue weighted by molar-refractivity contribution is 0.0637. The number of rotatable bonds is 6. The number of likely N-dealkylation sites (tertiary alicyclic amines) is 1. The first kappa shape index (κ1) is 16.2. The Hall–Kier alpha value is -2.25. The van der Waals surface area contributed by atoms with Gasteiger partial charge in [-0.05, 0) is 31.5 Å². The summed E-state index contributed by atoms with van der Waals surface area (Å²) in [5.74, 6) is 2.08. The van der Waals surface area contributed by atoms with Gasteiger partial charge in [0.1, 0.15) is 18.5 Å². The lowest BCUT2D eigenvalue weighted by atomic mass is 10.1. The average Bonchev–Trinajstić information content (AvgIpc) is 3.32. The molecule has 0 aliphatic carbocycles. The molecule has 7 nitrogen and oxygen atoms in total. The summed E-state index contributed by atoms with van der Waals surface area (Å²) in [6, 6.07) is 5.77. The molecule has 134 valence electrons. The maximum absolute atomic E-state index is 10.4. The number of hydrogen-bond acceptors (Lipinski definition) is 6. The van der Waals surface area contributed by atoms with Gasteiger partial charge in [0, 0.05) is 37.5 Å². The molecule has 1 aromatic carbocycles. The zero-order valence-electron chi connectivity index (χ0n) is 14.3. The van der Waals surface area contributed by atoms with Crippen LogP contribution in [0.3, 0.4) is 0 Å². The zero-order valence-corrected chi connectivity index (χ0v) is 14.3. The van der Waals surface area contributed by atoms with Crippen molar-refractivity contribution in [1.82, 2.24) is 14.7 Å². The van der Waals surface area contributed by atoms with E-state index in [-0.39, 0.29) is 13.4 Å². The molecule has 1 saturated heterocycles. The predicted molar refractivity (Wildman–Crippen MR) is 90.8 cm³/mol. The van der Waals surface area contributed by atoms with Crippen LogP contribution in [0.4, 0.5) is 0 Å². The highest BCUT2D eigenvalue weighted by atomic mass is 16.7. The van der Waals surface area contributed by atoms with Crippen LogP contribution in [-0.4, -0.2) is 52.4 Å². The average molecular weight is 345 g/mol. The molecule has 2 unspecified atom stereocenters. The number of β-amino-alcohol motifs (C(OH)–C–C–N with tert-alkyl or cyclic N) is 1. The van der Waals surface area contributed by atoms with E-state index in [1.54, 1.807) is 6.07 Å². The van der Waals surface area contributed by atoms with E-state index in [0.29, 0.717) is 24.1 Å². The minimum Gasteiger partial charge on any atom is -0.491 e. The van der Waals surface area contributed by atoms with Crippen molar-refractivity contribution < 1.29 is 19.3 Å². The van der Waals surface area contributed by atoms with E-state index in [0.717, 1.165) is 25.1 Å². The zero-order chi connectivity index (χ0) is 17.2. The van der Waals surface area contributed by atoms with Crippen molar-refractivity contribution in [3.8, 4) is 17.2 Å². The molecule has 0 amide bonds. The minimum atomic E-state index is -0.553. The van der Waals surface area contributed by atoms with Crippen LogP contribution in [0, 0.1) is 0 Å². The van der Waals surface area contributed by atoms with Gasteiger partial charge in [0.25, 0.3) is 0 Å². The van der Waals surface area contributed by atoms with Gasteiger partial charge in [-0.3, -0.25) is 9.58 Å². The summed E-state index contributed by atoms with van der Waals surface area (Å²) >= 11 is 0. The van der Waals surface area contributed by atoms with Crippen molar-refractivity contribution in [3.63, 3.8) is 0 Å². The Bertz CT molecular complexity index is 733. The van der Waals surface area contributed by atoms with E-state index >= 15 is 0 Å². The third-order valence-corrected chi connectivity index (χ3v) is 4.70. The smallest absolute Gasteiger partial charge is 0.231 e. The second-order valence-corrected chi connectivity index (χ2v) is 6.58. The number of aliphatic hydroxyl groups is 1. The Balaban J connectivity index is 1.31. The van der Waals surface area contributed by atoms with E-state index in [1.165, 1.54) is 5.56 Å². The van der Waals surface area contributed by atoms with Crippen LogP contribution in [0.2, 0.25) is 0 Å². The monoisotopic (exact) mass is 345 g/mol. The highest BCUT2D eigenvalue weighted by molar-refractivity contribution is 5.46. The number of hydrogen-bond donors (Lipinski definition) is 1. The summed E-state index contributed by atoms with van der Waals surface area (Å²) in [7, 11) is 1.93. The third-order valence-electron chi connectivity index (χ3n) is 4.70. The molecule has 3 heterocycles. The lowest BCUT2D eigenvalue weighted by Crippen LogP contribution is -2.35. The van der Waals surface area contributed by atoms with Gasteiger partial charge in [0.05, 0.1) is 6.20 Å². The third kappa shape index (κ3) is 3.57. The van der Waals surface area contributed by atoms with Gasteiger partial charge in [-0.25, -0.2) is 0 Å². The van der Waals surface area contributed by atoms with Gasteiger partial charge in [-0.15, -0.1) is 0 Å². The maximum atomic E-state index is 10.4. The predicted octanol–water partition coefficient (Wildman–Crippen LogP) is 1.73. The fourth-order valence-corrected chi connectivity index (χ4v) is 3.52. The fraction of sp³-hybridized carbons (Fsp3) is 0.500. The molecule has 4 rings (SSSR count). The van der Waals surface area contributed by atoms with Crippen LogP contribution in [0.15, 0.2) is 30.6 Å². The van der Waals surface area contributed by atoms with E-state index in [4.69, 9.17) is 14.2 Å². The van der Waals surface area contributed by atoms with Crippen molar-refractivity contribution in [1.29, 1.82) is 0 Å². The number of aliphatic hydroxyl groups excluding tert-OH is 1. The van der Waals surface area contributed by atoms with Crippen LogP contribution in [0.25, 0.3) is 0 Å². The van der Waals surface area contributed by atoms with Crippen molar-refractivity contribution in [2.24, 2.45) is 7.05 Å². The second kappa shape index (κ2) is 6.93. The molecule has 1 aromatic heterocycles. The molecule has 2 aliphatic rings. The van der Waals surface area contributed by atoms with Crippen molar-refractivity contribution >= 4 is 0 Å². The first-order valence-corrected chi connectivity index (χ1v) is 8.62. The highest BCUT2D eigenvalue weighted by Gasteiger charge is 2.28. The fourth-order valence-electron chi connectivity index (χ4n) is 3.52. The minimum absolute atomic E-state index is 0.242. The van der Waals surface area contributed by atoms with E-state index in [9.17, 15) is 5.11 Å². The molecule has 7 heteroatoms. The standard InChI is InChI=1S/C18H23N3O4/c1-20-9-13(8-19-20)16-3-2-6-21(16)10-14(22)11-23-15-4-5-17-18(7-15)25-12-24-17/h4-5,7-9,14,16,22H,2-3,6,10-12H2,1H3. The first-order chi connectivity index (χ1) is 12.2. The summed E-state index contributed by atoms with van der Waals surface area (Å²) < 4.78 is 18.2. The summed E-state index contributed by atoms with van der Waals surface area (Å²) in [4.78, 5) is 2.31. The Morgan fingerprint density at radius 1 is 1.36 bits per heavy atom. The molecule has 0 spiro atoms. The van der Waals surface area contributed by atoms with Crippen LogP contribution in [0.5, 0.6) is 17.2 Å². The van der Waals surface area contributed by atoms with Crippen LogP contribution in [0.1, 0.15) is 24.4 Å². The molecular formula is C18H23N3O4. The number of benzene rings is 1. The van der Waals surface area contributed by atoms with Crippen molar-refractivity contribution in [2.45, 2.75) is 25.0 Å².